The van der Waals surface area contributed by atoms with Gasteiger partial charge in [-0.25, -0.2) is 0 Å². The van der Waals surface area contributed by atoms with Crippen LogP contribution in [0.2, 0.25) is 0 Å². The van der Waals surface area contributed by atoms with E-state index in [1.807, 2.05) is 0 Å². The van der Waals surface area contributed by atoms with Crippen molar-refractivity contribution in [3.8, 4) is 0 Å². The van der Waals surface area contributed by atoms with Gasteiger partial charge >= 0.3 is 0 Å². The molecule has 0 aliphatic carbocycles. The third kappa shape index (κ3) is 184. The lowest BCUT2D eigenvalue weighted by atomic mass is 10.4. The van der Waals surface area contributed by atoms with Crippen LogP contribution < -0.4 is 10.6 Å². The Hall–Kier alpha value is -0.200. The zero-order valence-electron chi connectivity index (χ0n) is 7.83. The molecular weight excluding hydrogens is 148 g/mol. The molecule has 0 aliphatic heterocycles. The van der Waals surface area contributed by atoms with E-state index in [9.17, 15) is 0 Å². The molecule has 0 saturated heterocycles. The van der Waals surface area contributed by atoms with Crippen molar-refractivity contribution in [2.45, 2.75) is 13.0 Å². The minimum atomic E-state index is -0.227. The van der Waals surface area contributed by atoms with E-state index in [4.69, 9.17) is 5.11 Å². The normalized spacial score (nSPS) is 10.1. The highest BCUT2D eigenvalue weighted by atomic mass is 16.3. The molecule has 0 aromatic rings. The standard InChI is InChI=1S/C3H9NO.C3H9N.2H2O/c1-3(5)2-4;1-4(2)3;;/h3,5H,2,4H2,1H3;1-3H3;2*1H2. The number of hydrogen-bond acceptors (Lipinski definition) is 3. The number of aliphatic hydroxyl groups excluding tert-OH is 1. The first-order valence-electron chi connectivity index (χ1n) is 3.24. The van der Waals surface area contributed by atoms with E-state index in [0.29, 0.717) is 6.54 Å². The Bertz CT molecular complexity index is 48.3. The van der Waals surface area contributed by atoms with Crippen LogP contribution in [0.1, 0.15) is 6.92 Å². The summed E-state index contributed by atoms with van der Waals surface area (Å²) in [7, 11) is 6.25. The highest BCUT2D eigenvalue weighted by Crippen LogP contribution is 1.63. The molecule has 0 heterocycles. The van der Waals surface area contributed by atoms with Crippen molar-refractivity contribution in [3.63, 3.8) is 0 Å². The van der Waals surface area contributed by atoms with Crippen molar-refractivity contribution in [1.82, 2.24) is 0 Å². The average molecular weight is 170 g/mol. The van der Waals surface area contributed by atoms with Gasteiger partial charge in [-0.1, -0.05) is 0 Å². The quantitative estimate of drug-likeness (QED) is 0.390. The minimum Gasteiger partial charge on any atom is -0.870 e. The van der Waals surface area contributed by atoms with Gasteiger partial charge in [0.25, 0.3) is 0 Å². The Labute approximate surface area is 68.4 Å². The first-order valence-corrected chi connectivity index (χ1v) is 3.24. The fourth-order valence-electron chi connectivity index (χ4n) is 0. The predicted molar refractivity (Wildman–Crippen MR) is 42.0 cm³/mol. The molecule has 0 fully saturated rings. The Balaban J connectivity index is -0.0000000383. The van der Waals surface area contributed by atoms with Gasteiger partial charge in [0.05, 0.1) is 27.2 Å². The average Bonchev–Trinajstić information content (AvgIpc) is 1.65. The van der Waals surface area contributed by atoms with Gasteiger partial charge in [0.1, 0.15) is 6.54 Å². The van der Waals surface area contributed by atoms with Gasteiger partial charge in [0, 0.05) is 0 Å². The van der Waals surface area contributed by atoms with Crippen LogP contribution in [0.15, 0.2) is 0 Å². The molecular formula is C6H22N2O3. The molecule has 0 aromatic carbocycles. The molecule has 0 spiro atoms. The summed E-state index contributed by atoms with van der Waals surface area (Å²) < 4.78 is 0. The van der Waals surface area contributed by atoms with Crippen LogP contribution >= 0.6 is 0 Å². The van der Waals surface area contributed by atoms with E-state index in [2.05, 4.69) is 26.9 Å². The zero-order chi connectivity index (χ0) is 7.86. The van der Waals surface area contributed by atoms with Crippen LogP contribution in [-0.2, 0) is 0 Å². The van der Waals surface area contributed by atoms with Crippen LogP contribution in [0.3, 0.4) is 0 Å². The van der Waals surface area contributed by atoms with Crippen molar-refractivity contribution < 1.29 is 26.7 Å². The Morgan fingerprint density at radius 3 is 1.36 bits per heavy atom. The lowest BCUT2D eigenvalue weighted by molar-refractivity contribution is -0.836. The summed E-state index contributed by atoms with van der Waals surface area (Å²) in [5.41, 5.74) is 3.44. The summed E-state index contributed by atoms with van der Waals surface area (Å²) in [6.07, 6.45) is -0.227. The minimum absolute atomic E-state index is 0. The van der Waals surface area contributed by atoms with E-state index in [0.717, 1.165) is 0 Å². The fourth-order valence-corrected chi connectivity index (χ4v) is 0. The third-order valence-electron chi connectivity index (χ3n) is 0.418. The van der Waals surface area contributed by atoms with E-state index < -0.39 is 0 Å². The zero-order valence-corrected chi connectivity index (χ0v) is 7.83. The molecule has 7 N–H and O–H groups in total. The largest absolute Gasteiger partial charge is 0.870 e. The fraction of sp³-hybridized carbons (Fsp3) is 1.00. The van der Waals surface area contributed by atoms with Crippen molar-refractivity contribution in [1.29, 1.82) is 0 Å². The number of rotatable bonds is 1. The van der Waals surface area contributed by atoms with Gasteiger partial charge in [-0.15, -0.1) is 0 Å². The van der Waals surface area contributed by atoms with Crippen LogP contribution in [0.4, 0.5) is 0 Å². The molecule has 74 valence electrons. The second kappa shape index (κ2) is 16.4. The van der Waals surface area contributed by atoms with Crippen LogP contribution in [-0.4, -0.2) is 49.9 Å². The second-order valence-electron chi connectivity index (χ2n) is 2.64. The Morgan fingerprint density at radius 1 is 1.27 bits per heavy atom. The Morgan fingerprint density at radius 2 is 1.36 bits per heavy atom. The van der Waals surface area contributed by atoms with E-state index in [1.54, 1.807) is 6.92 Å². The van der Waals surface area contributed by atoms with Crippen molar-refractivity contribution >= 4 is 0 Å². The highest BCUT2D eigenvalue weighted by molar-refractivity contribution is 4.32. The molecule has 1 atom stereocenters. The summed E-state index contributed by atoms with van der Waals surface area (Å²) in [5.74, 6) is 0. The summed E-state index contributed by atoms with van der Waals surface area (Å²) in [5, 5.41) is 8.30. The van der Waals surface area contributed by atoms with Gasteiger partial charge in [-0.05, 0) is 6.92 Å². The monoisotopic (exact) mass is 170 g/mol. The van der Waals surface area contributed by atoms with E-state index in [1.165, 1.54) is 4.90 Å². The molecule has 0 aromatic heterocycles. The van der Waals surface area contributed by atoms with Crippen LogP contribution in [0, 0.1) is 0 Å². The maximum Gasteiger partial charge on any atom is 0.100 e. The molecule has 0 saturated carbocycles. The molecule has 5 heteroatoms. The molecule has 0 aliphatic rings. The van der Waals surface area contributed by atoms with Gasteiger partial charge in [-0.2, -0.15) is 0 Å². The maximum absolute atomic E-state index is 8.30. The highest BCUT2D eigenvalue weighted by Gasteiger charge is 1.85. The third-order valence-corrected chi connectivity index (χ3v) is 0.418. The number of quaternary nitrogens is 2. The van der Waals surface area contributed by atoms with Gasteiger partial charge in [0.15, 0.2) is 0 Å². The van der Waals surface area contributed by atoms with Gasteiger partial charge in [-0.3, -0.25) is 0 Å². The maximum atomic E-state index is 8.30. The number of hydrogen-bond donors (Lipinski definition) is 3. The topological polar surface area (TPSA) is 112 Å². The SMILES string of the molecule is CC(O)C[NH3+].C[NH+](C)C.[OH-].[OH-]. The van der Waals surface area contributed by atoms with Crippen molar-refractivity contribution in [3.05, 3.63) is 0 Å². The number of aliphatic hydroxyl groups is 1. The first-order chi connectivity index (χ1) is 4.00. The molecule has 0 radical (unpaired) electrons. The lowest BCUT2D eigenvalue weighted by Gasteiger charge is -1.88. The molecule has 0 amide bonds. The predicted octanol–water partition coefficient (Wildman–Crippen LogP) is -2.98. The lowest BCUT2D eigenvalue weighted by Crippen LogP contribution is -3.02. The molecule has 11 heavy (non-hydrogen) atoms. The van der Waals surface area contributed by atoms with Crippen LogP contribution in [0.5, 0.6) is 0 Å². The molecule has 0 bridgehead atoms. The summed E-state index contributed by atoms with van der Waals surface area (Å²) in [6, 6.07) is 0. The van der Waals surface area contributed by atoms with E-state index in [-0.39, 0.29) is 17.1 Å². The molecule has 5 nitrogen and oxygen atoms in total. The smallest absolute Gasteiger partial charge is 0.100 e. The van der Waals surface area contributed by atoms with Crippen molar-refractivity contribution in [2.24, 2.45) is 0 Å². The summed E-state index contributed by atoms with van der Waals surface area (Å²) >= 11 is 0. The number of nitrogens with one attached hydrogen (secondary N) is 1. The second-order valence-corrected chi connectivity index (χ2v) is 2.64. The Kier molecular flexibility index (Phi) is 33.5. The van der Waals surface area contributed by atoms with Gasteiger partial charge in [0.2, 0.25) is 0 Å². The first kappa shape index (κ1) is 22.4. The van der Waals surface area contributed by atoms with Crippen LogP contribution in [0.25, 0.3) is 0 Å². The molecule has 1 unspecified atom stereocenters. The summed E-state index contributed by atoms with van der Waals surface area (Å²) in [4.78, 5) is 1.42. The van der Waals surface area contributed by atoms with Crippen molar-refractivity contribution in [2.75, 3.05) is 27.7 Å². The molecule has 0 rings (SSSR count). The van der Waals surface area contributed by atoms with Gasteiger partial charge < -0.3 is 26.7 Å². The summed E-state index contributed by atoms with van der Waals surface area (Å²) in [6.45, 7) is 2.33. The van der Waals surface area contributed by atoms with E-state index >= 15 is 0 Å².